The summed E-state index contributed by atoms with van der Waals surface area (Å²) in [6.07, 6.45) is 5.78. The van der Waals surface area contributed by atoms with Gasteiger partial charge < -0.3 is 29.4 Å². The second-order valence-corrected chi connectivity index (χ2v) is 7.74. The average Bonchev–Trinajstić information content (AvgIpc) is 3.51. The number of aromatic nitrogens is 2. The Bertz CT molecular complexity index is 1020. The predicted molar refractivity (Wildman–Crippen MR) is 129 cm³/mol. The number of aromatic amines is 1. The standard InChI is InChI=1S/C24H29BN4O5/c1-4-11-33-15-19(28-24(31)32-3)23(30)29-10-6-7-20(29)22-26-14-18(27-22)17-9-8-16(25)13-21(17)34-12-5-2/h4-5,8-9,13-14,19-20H,1-2,6-7,10-12,15H2,3H3,(H,26,27)(H,28,31). The van der Waals surface area contributed by atoms with Crippen LogP contribution in [0.15, 0.2) is 49.7 Å². The van der Waals surface area contributed by atoms with Gasteiger partial charge >= 0.3 is 6.09 Å². The Morgan fingerprint density at radius 1 is 1.35 bits per heavy atom. The number of ether oxygens (including phenoxy) is 3. The van der Waals surface area contributed by atoms with Crippen LogP contribution in [0.1, 0.15) is 24.7 Å². The number of benzene rings is 1. The Hall–Kier alpha value is -3.53. The van der Waals surface area contributed by atoms with Crippen LogP contribution in [-0.4, -0.2) is 74.2 Å². The Balaban J connectivity index is 1.81. The van der Waals surface area contributed by atoms with Gasteiger partial charge in [0.15, 0.2) is 0 Å². The lowest BCUT2D eigenvalue weighted by molar-refractivity contribution is -0.135. The van der Waals surface area contributed by atoms with Crippen molar-refractivity contribution < 1.29 is 23.8 Å². The van der Waals surface area contributed by atoms with E-state index >= 15 is 0 Å². The number of alkyl carbamates (subject to hydrolysis) is 1. The minimum Gasteiger partial charge on any atom is -0.489 e. The number of hydrogen-bond donors (Lipinski definition) is 2. The molecule has 1 aromatic carbocycles. The number of carbonyl (C=O) groups excluding carboxylic acids is 2. The summed E-state index contributed by atoms with van der Waals surface area (Å²) >= 11 is 0. The highest BCUT2D eigenvalue weighted by Gasteiger charge is 2.36. The number of rotatable bonds is 11. The zero-order chi connectivity index (χ0) is 24.5. The lowest BCUT2D eigenvalue weighted by Gasteiger charge is -2.28. The molecular weight excluding hydrogens is 435 g/mol. The molecule has 0 aliphatic carbocycles. The molecule has 1 aromatic heterocycles. The monoisotopic (exact) mass is 464 g/mol. The topological polar surface area (TPSA) is 106 Å². The summed E-state index contributed by atoms with van der Waals surface area (Å²) in [5.74, 6) is 0.990. The molecule has 2 amide bonds. The van der Waals surface area contributed by atoms with Gasteiger partial charge in [-0.05, 0) is 25.0 Å². The van der Waals surface area contributed by atoms with Crippen LogP contribution >= 0.6 is 0 Å². The van der Waals surface area contributed by atoms with Gasteiger partial charge in [-0.2, -0.15) is 0 Å². The molecule has 9 nitrogen and oxygen atoms in total. The molecular formula is C24H29BN4O5. The van der Waals surface area contributed by atoms with Crippen LogP contribution in [0.5, 0.6) is 5.75 Å². The van der Waals surface area contributed by atoms with Gasteiger partial charge in [-0.3, -0.25) is 4.79 Å². The lowest BCUT2D eigenvalue weighted by Crippen LogP contribution is -2.50. The number of amides is 2. The van der Waals surface area contributed by atoms with Gasteiger partial charge in [-0.25, -0.2) is 9.78 Å². The third kappa shape index (κ3) is 6.08. The number of carbonyl (C=O) groups is 2. The van der Waals surface area contributed by atoms with Gasteiger partial charge in [0.2, 0.25) is 5.91 Å². The molecule has 1 saturated heterocycles. The first-order valence-corrected chi connectivity index (χ1v) is 11.0. The van der Waals surface area contributed by atoms with Gasteiger partial charge in [-0.15, -0.1) is 6.58 Å². The van der Waals surface area contributed by atoms with E-state index in [-0.39, 0.29) is 25.2 Å². The molecule has 2 heterocycles. The number of imidazole rings is 1. The van der Waals surface area contributed by atoms with E-state index in [2.05, 4.69) is 33.2 Å². The zero-order valence-corrected chi connectivity index (χ0v) is 19.3. The molecule has 2 radical (unpaired) electrons. The summed E-state index contributed by atoms with van der Waals surface area (Å²) in [6.45, 7) is 8.42. The first kappa shape index (κ1) is 25.1. The maximum Gasteiger partial charge on any atom is 0.407 e. The molecule has 10 heteroatoms. The van der Waals surface area contributed by atoms with E-state index in [0.717, 1.165) is 24.1 Å². The van der Waals surface area contributed by atoms with Crippen LogP contribution in [0.3, 0.4) is 0 Å². The fraction of sp³-hybridized carbons (Fsp3) is 0.375. The van der Waals surface area contributed by atoms with Gasteiger partial charge in [0.25, 0.3) is 0 Å². The molecule has 2 atom stereocenters. The van der Waals surface area contributed by atoms with Gasteiger partial charge in [-0.1, -0.05) is 30.3 Å². The number of methoxy groups -OCH3 is 1. The second kappa shape index (κ2) is 12.1. The summed E-state index contributed by atoms with van der Waals surface area (Å²) < 4.78 is 15.9. The first-order valence-electron chi connectivity index (χ1n) is 11.0. The van der Waals surface area contributed by atoms with E-state index < -0.39 is 12.1 Å². The average molecular weight is 464 g/mol. The molecule has 0 saturated carbocycles. The van der Waals surface area contributed by atoms with Gasteiger partial charge in [0, 0.05) is 12.1 Å². The number of H-pyrrole nitrogens is 1. The quantitative estimate of drug-likeness (QED) is 0.300. The van der Waals surface area contributed by atoms with Crippen LogP contribution in [-0.2, 0) is 14.3 Å². The summed E-state index contributed by atoms with van der Waals surface area (Å²) in [5, 5.41) is 2.56. The van der Waals surface area contributed by atoms with E-state index in [1.807, 2.05) is 6.07 Å². The van der Waals surface area contributed by atoms with E-state index in [1.165, 1.54) is 7.11 Å². The van der Waals surface area contributed by atoms with Crippen molar-refractivity contribution in [3.63, 3.8) is 0 Å². The fourth-order valence-electron chi connectivity index (χ4n) is 3.83. The zero-order valence-electron chi connectivity index (χ0n) is 19.3. The SMILES string of the molecule is [B]c1ccc(-c2cnc(C3CCCN3C(=O)C(COCC=C)NC(=O)OC)[nH]2)c(OCC=C)c1. The normalized spacial score (nSPS) is 16.0. The number of nitrogens with zero attached hydrogens (tertiary/aromatic N) is 2. The number of likely N-dealkylation sites (tertiary alicyclic amines) is 1. The van der Waals surface area contributed by atoms with E-state index in [4.69, 9.17) is 17.3 Å². The van der Waals surface area contributed by atoms with Crippen molar-refractivity contribution in [3.05, 3.63) is 55.5 Å². The van der Waals surface area contributed by atoms with Crippen molar-refractivity contribution in [2.45, 2.75) is 24.9 Å². The van der Waals surface area contributed by atoms with E-state index in [0.29, 0.717) is 30.2 Å². The molecule has 2 aromatic rings. The number of hydrogen-bond acceptors (Lipinski definition) is 6. The molecule has 0 bridgehead atoms. The smallest absolute Gasteiger partial charge is 0.407 e. The molecule has 1 aliphatic heterocycles. The summed E-state index contributed by atoms with van der Waals surface area (Å²) in [4.78, 5) is 34.7. The predicted octanol–water partition coefficient (Wildman–Crippen LogP) is 2.03. The van der Waals surface area contributed by atoms with Crippen molar-refractivity contribution in [2.24, 2.45) is 0 Å². The molecule has 1 fully saturated rings. The van der Waals surface area contributed by atoms with Crippen LogP contribution in [0.4, 0.5) is 4.79 Å². The third-order valence-corrected chi connectivity index (χ3v) is 5.40. The van der Waals surface area contributed by atoms with Gasteiger partial charge in [0.05, 0.1) is 38.3 Å². The molecule has 178 valence electrons. The van der Waals surface area contributed by atoms with Crippen molar-refractivity contribution in [3.8, 4) is 17.0 Å². The maximum absolute atomic E-state index is 13.3. The Kier molecular flexibility index (Phi) is 8.92. The molecule has 2 unspecified atom stereocenters. The highest BCUT2D eigenvalue weighted by molar-refractivity contribution is 6.32. The number of nitrogens with one attached hydrogen (secondary N) is 2. The molecule has 1 aliphatic rings. The highest BCUT2D eigenvalue weighted by atomic mass is 16.5. The summed E-state index contributed by atoms with van der Waals surface area (Å²) in [5.41, 5.74) is 2.12. The lowest BCUT2D eigenvalue weighted by atomic mass is 9.94. The van der Waals surface area contributed by atoms with E-state index in [1.54, 1.807) is 35.4 Å². The van der Waals surface area contributed by atoms with Crippen molar-refractivity contribution in [1.29, 1.82) is 0 Å². The minimum atomic E-state index is -0.890. The Morgan fingerprint density at radius 2 is 2.15 bits per heavy atom. The highest BCUT2D eigenvalue weighted by Crippen LogP contribution is 2.34. The van der Waals surface area contributed by atoms with E-state index in [9.17, 15) is 9.59 Å². The fourth-order valence-corrected chi connectivity index (χ4v) is 3.83. The summed E-state index contributed by atoms with van der Waals surface area (Å²) in [7, 11) is 7.16. The first-order chi connectivity index (χ1) is 16.5. The Morgan fingerprint density at radius 3 is 2.88 bits per heavy atom. The second-order valence-electron chi connectivity index (χ2n) is 7.74. The molecule has 0 spiro atoms. The van der Waals surface area contributed by atoms with Crippen molar-refractivity contribution in [1.82, 2.24) is 20.2 Å². The van der Waals surface area contributed by atoms with Crippen LogP contribution < -0.4 is 15.5 Å². The van der Waals surface area contributed by atoms with Crippen LogP contribution in [0.2, 0.25) is 0 Å². The minimum absolute atomic E-state index is 0.00200. The molecule has 2 N–H and O–H groups in total. The largest absolute Gasteiger partial charge is 0.489 e. The Labute approximate surface area is 200 Å². The molecule has 3 rings (SSSR count). The van der Waals surface area contributed by atoms with Crippen molar-refractivity contribution in [2.75, 3.05) is 33.5 Å². The van der Waals surface area contributed by atoms with Crippen molar-refractivity contribution >= 4 is 25.3 Å². The summed E-state index contributed by atoms with van der Waals surface area (Å²) in [6, 6.07) is 4.23. The van der Waals surface area contributed by atoms with Gasteiger partial charge in [0.1, 0.15) is 32.1 Å². The van der Waals surface area contributed by atoms with Crippen LogP contribution in [0.25, 0.3) is 11.3 Å². The molecule has 34 heavy (non-hydrogen) atoms. The third-order valence-electron chi connectivity index (χ3n) is 5.40. The van der Waals surface area contributed by atoms with Crippen LogP contribution in [0, 0.1) is 0 Å². The maximum atomic E-state index is 13.3.